The molecule has 0 saturated carbocycles. The van der Waals surface area contributed by atoms with E-state index in [1.54, 1.807) is 11.3 Å². The van der Waals surface area contributed by atoms with Crippen molar-refractivity contribution in [3.05, 3.63) is 64.9 Å². The van der Waals surface area contributed by atoms with Crippen LogP contribution in [0, 0.1) is 6.07 Å². The Bertz CT molecular complexity index is 861. The minimum atomic E-state index is 0.597. The number of aromatic nitrogens is 1. The van der Waals surface area contributed by atoms with Crippen LogP contribution in [0.3, 0.4) is 0 Å². The molecular weight excluding hydrogens is 266 g/mol. The summed E-state index contributed by atoms with van der Waals surface area (Å²) in [5.41, 5.74) is 2.13. The molecule has 1 radical (unpaired) electrons. The van der Waals surface area contributed by atoms with Crippen LogP contribution in [-0.2, 0) is 6.61 Å². The number of hydrogen-bond acceptors (Lipinski definition) is 2. The third kappa shape index (κ3) is 1.96. The lowest BCUT2D eigenvalue weighted by Crippen LogP contribution is -1.92. The molecule has 3 heteroatoms. The van der Waals surface area contributed by atoms with Crippen LogP contribution >= 0.6 is 11.3 Å². The number of nitrogens with one attached hydrogen (secondary N) is 1. The molecule has 4 aromatic rings. The molecule has 20 heavy (non-hydrogen) atoms. The second kappa shape index (κ2) is 4.69. The van der Waals surface area contributed by atoms with Gasteiger partial charge < -0.3 is 9.72 Å². The third-order valence-electron chi connectivity index (χ3n) is 3.35. The average Bonchev–Trinajstić information content (AvgIpc) is 3.12. The van der Waals surface area contributed by atoms with Crippen molar-refractivity contribution >= 4 is 33.1 Å². The van der Waals surface area contributed by atoms with Crippen molar-refractivity contribution in [2.75, 3.05) is 0 Å². The molecule has 0 bridgehead atoms. The fourth-order valence-corrected chi connectivity index (χ4v) is 3.00. The van der Waals surface area contributed by atoms with Gasteiger partial charge in [0.2, 0.25) is 0 Å². The smallest absolute Gasteiger partial charge is 0.130 e. The molecule has 2 heterocycles. The lowest BCUT2D eigenvalue weighted by atomic mass is 10.1. The summed E-state index contributed by atoms with van der Waals surface area (Å²) in [5.74, 6) is 0.775. The van der Waals surface area contributed by atoms with Crippen LogP contribution in [-0.4, -0.2) is 4.98 Å². The highest BCUT2D eigenvalue weighted by molar-refractivity contribution is 7.09. The Morgan fingerprint density at radius 3 is 2.85 bits per heavy atom. The van der Waals surface area contributed by atoms with Crippen LogP contribution in [0.5, 0.6) is 5.75 Å². The fraction of sp³-hybridized carbons (Fsp3) is 0.0588. The van der Waals surface area contributed by atoms with Crippen LogP contribution in [0.1, 0.15) is 4.88 Å². The maximum Gasteiger partial charge on any atom is 0.130 e. The molecule has 97 valence electrons. The molecule has 0 atom stereocenters. The molecule has 0 unspecified atom stereocenters. The van der Waals surface area contributed by atoms with E-state index in [0.717, 1.165) is 16.8 Å². The van der Waals surface area contributed by atoms with Gasteiger partial charge in [-0.25, -0.2) is 0 Å². The van der Waals surface area contributed by atoms with Crippen LogP contribution in [0.4, 0.5) is 0 Å². The molecule has 2 aromatic carbocycles. The maximum absolute atomic E-state index is 5.79. The Balaban J connectivity index is 1.69. The first kappa shape index (κ1) is 11.6. The zero-order valence-corrected chi connectivity index (χ0v) is 11.5. The van der Waals surface area contributed by atoms with Gasteiger partial charge in [-0.05, 0) is 29.6 Å². The van der Waals surface area contributed by atoms with Gasteiger partial charge in [-0.1, -0.05) is 24.3 Å². The molecule has 0 spiro atoms. The molecule has 0 saturated heterocycles. The quantitative estimate of drug-likeness (QED) is 0.574. The van der Waals surface area contributed by atoms with Crippen LogP contribution in [0.2, 0.25) is 0 Å². The van der Waals surface area contributed by atoms with Crippen molar-refractivity contribution in [1.29, 1.82) is 0 Å². The van der Waals surface area contributed by atoms with Crippen molar-refractivity contribution in [2.24, 2.45) is 0 Å². The first-order valence-electron chi connectivity index (χ1n) is 6.48. The fourth-order valence-electron chi connectivity index (χ4n) is 2.39. The minimum Gasteiger partial charge on any atom is -0.487 e. The standard InChI is InChI=1S/C17H12NOS/c1-2-6-16-14(5-1)15-8-7-12(10-17(15)18-16)19-11-13-4-3-9-20-13/h1-9,18H,11H2. The predicted molar refractivity (Wildman–Crippen MR) is 83.3 cm³/mol. The van der Waals surface area contributed by atoms with E-state index in [9.17, 15) is 0 Å². The summed E-state index contributed by atoms with van der Waals surface area (Å²) >= 11 is 1.70. The van der Waals surface area contributed by atoms with Crippen molar-refractivity contribution in [2.45, 2.75) is 6.61 Å². The number of hydrogen-bond donors (Lipinski definition) is 1. The molecule has 2 aromatic heterocycles. The molecule has 0 aliphatic carbocycles. The average molecular weight is 278 g/mol. The second-order valence-corrected chi connectivity index (χ2v) is 5.68. The summed E-state index contributed by atoms with van der Waals surface area (Å²) in [5, 5.41) is 4.47. The molecule has 0 fully saturated rings. The summed E-state index contributed by atoms with van der Waals surface area (Å²) in [6.07, 6.45) is 0. The Morgan fingerprint density at radius 2 is 1.95 bits per heavy atom. The Labute approximate surface area is 120 Å². The third-order valence-corrected chi connectivity index (χ3v) is 4.20. The van der Waals surface area contributed by atoms with Gasteiger partial charge in [-0.15, -0.1) is 11.3 Å². The van der Waals surface area contributed by atoms with Crippen LogP contribution < -0.4 is 4.74 Å². The van der Waals surface area contributed by atoms with E-state index >= 15 is 0 Å². The van der Waals surface area contributed by atoms with E-state index in [2.05, 4.69) is 46.8 Å². The van der Waals surface area contributed by atoms with E-state index in [-0.39, 0.29) is 0 Å². The number of benzene rings is 2. The number of ether oxygens (including phenoxy) is 1. The second-order valence-electron chi connectivity index (χ2n) is 4.65. The molecular formula is C17H12NOS. The van der Waals surface area contributed by atoms with E-state index in [1.165, 1.54) is 15.6 Å². The number of para-hydroxylation sites is 1. The van der Waals surface area contributed by atoms with E-state index in [1.807, 2.05) is 18.2 Å². The number of H-pyrrole nitrogens is 1. The van der Waals surface area contributed by atoms with Crippen molar-refractivity contribution in [1.82, 2.24) is 4.98 Å². The van der Waals surface area contributed by atoms with E-state index in [0.29, 0.717) is 6.61 Å². The first-order chi connectivity index (χ1) is 9.90. The van der Waals surface area contributed by atoms with Gasteiger partial charge in [0.05, 0.1) is 11.6 Å². The van der Waals surface area contributed by atoms with Gasteiger partial charge >= 0.3 is 0 Å². The topological polar surface area (TPSA) is 25.0 Å². The Hall–Kier alpha value is -2.26. The highest BCUT2D eigenvalue weighted by Crippen LogP contribution is 2.28. The van der Waals surface area contributed by atoms with E-state index in [4.69, 9.17) is 4.74 Å². The van der Waals surface area contributed by atoms with Crippen LogP contribution in [0.25, 0.3) is 21.8 Å². The summed E-state index contributed by atoms with van der Waals surface area (Å²) in [4.78, 5) is 4.60. The monoisotopic (exact) mass is 278 g/mol. The van der Waals surface area contributed by atoms with Gasteiger partial charge in [0.15, 0.2) is 0 Å². The Morgan fingerprint density at radius 1 is 1.00 bits per heavy atom. The Kier molecular flexibility index (Phi) is 2.71. The molecule has 2 nitrogen and oxygen atoms in total. The minimum absolute atomic E-state index is 0.597. The van der Waals surface area contributed by atoms with Gasteiger partial charge in [0.25, 0.3) is 0 Å². The lowest BCUT2D eigenvalue weighted by Gasteiger charge is -2.03. The summed E-state index contributed by atoms with van der Waals surface area (Å²) < 4.78 is 5.79. The van der Waals surface area contributed by atoms with Crippen LogP contribution in [0.15, 0.2) is 53.9 Å². The zero-order chi connectivity index (χ0) is 13.4. The highest BCUT2D eigenvalue weighted by atomic mass is 32.1. The molecule has 4 rings (SSSR count). The maximum atomic E-state index is 5.79. The molecule has 0 aliphatic rings. The molecule has 0 amide bonds. The molecule has 0 aliphatic heterocycles. The number of aromatic amines is 1. The summed E-state index contributed by atoms with van der Waals surface area (Å²) in [6, 6.07) is 19.8. The number of thiophene rings is 1. The SMILES string of the molecule is [c]1c(OCc2cccs2)ccc2c1[nH]c1ccccc12. The van der Waals surface area contributed by atoms with Crippen molar-refractivity contribution in [3.63, 3.8) is 0 Å². The van der Waals surface area contributed by atoms with Crippen molar-refractivity contribution in [3.8, 4) is 5.75 Å². The zero-order valence-electron chi connectivity index (χ0n) is 10.7. The molecule has 1 N–H and O–H groups in total. The van der Waals surface area contributed by atoms with Gasteiger partial charge in [0, 0.05) is 21.2 Å². The number of rotatable bonds is 3. The van der Waals surface area contributed by atoms with Gasteiger partial charge in [0.1, 0.15) is 12.4 Å². The number of fused-ring (bicyclic) bond motifs is 3. The summed E-state index contributed by atoms with van der Waals surface area (Å²) in [6.45, 7) is 0.597. The van der Waals surface area contributed by atoms with Gasteiger partial charge in [-0.3, -0.25) is 0 Å². The highest BCUT2D eigenvalue weighted by Gasteiger charge is 2.05. The lowest BCUT2D eigenvalue weighted by molar-refractivity contribution is 0.309. The van der Waals surface area contributed by atoms with Gasteiger partial charge in [-0.2, -0.15) is 0 Å². The van der Waals surface area contributed by atoms with E-state index < -0.39 is 0 Å². The first-order valence-corrected chi connectivity index (χ1v) is 7.36. The van der Waals surface area contributed by atoms with Crippen molar-refractivity contribution < 1.29 is 4.74 Å². The predicted octanol–water partition coefficient (Wildman–Crippen LogP) is 4.76. The summed E-state index contributed by atoms with van der Waals surface area (Å²) in [7, 11) is 0. The largest absolute Gasteiger partial charge is 0.487 e. The normalized spacial score (nSPS) is 11.2.